The third-order valence-electron chi connectivity index (χ3n) is 4.08. The molecule has 2 N–H and O–H groups in total. The maximum absolute atomic E-state index is 13.6. The van der Waals surface area contributed by atoms with Crippen LogP contribution >= 0.6 is 0 Å². The van der Waals surface area contributed by atoms with Gasteiger partial charge in [-0.25, -0.2) is 4.39 Å². The van der Waals surface area contributed by atoms with Gasteiger partial charge in [0.05, 0.1) is 12.1 Å². The van der Waals surface area contributed by atoms with Gasteiger partial charge in [0.2, 0.25) is 5.91 Å². The molecule has 1 heterocycles. The Balaban J connectivity index is 1.80. The number of carbonyl (C=O) groups excluding carboxylic acids is 2. The summed E-state index contributed by atoms with van der Waals surface area (Å²) in [6, 6.07) is 10.8. The number of rotatable bonds is 5. The molecular formula is C19H17FN2O5. The van der Waals surface area contributed by atoms with E-state index in [2.05, 4.69) is 5.32 Å². The van der Waals surface area contributed by atoms with E-state index < -0.39 is 36.1 Å². The van der Waals surface area contributed by atoms with Crippen molar-refractivity contribution < 1.29 is 28.6 Å². The number of hydrogen-bond acceptors (Lipinski definition) is 4. The van der Waals surface area contributed by atoms with Crippen LogP contribution in [0.15, 0.2) is 42.5 Å². The van der Waals surface area contributed by atoms with Gasteiger partial charge in [0.1, 0.15) is 18.1 Å². The van der Waals surface area contributed by atoms with Crippen molar-refractivity contribution in [2.45, 2.75) is 19.4 Å². The third-order valence-corrected chi connectivity index (χ3v) is 4.08. The number of benzene rings is 2. The molecule has 0 aliphatic carbocycles. The zero-order chi connectivity index (χ0) is 19.6. The third kappa shape index (κ3) is 4.05. The number of aryl methyl sites for hydroxylation is 1. The number of nitrogens with zero attached hydrogens (tertiary/aromatic N) is 1. The summed E-state index contributed by atoms with van der Waals surface area (Å²) < 4.78 is 19.1. The molecular weight excluding hydrogens is 355 g/mol. The minimum atomic E-state index is -1.22. The van der Waals surface area contributed by atoms with Gasteiger partial charge in [-0.1, -0.05) is 18.2 Å². The predicted octanol–water partition coefficient (Wildman–Crippen LogP) is 2.34. The van der Waals surface area contributed by atoms with E-state index in [4.69, 9.17) is 9.84 Å². The Kier molecular flexibility index (Phi) is 5.07. The molecule has 0 bridgehead atoms. The van der Waals surface area contributed by atoms with Crippen LogP contribution in [0.3, 0.4) is 0 Å². The quantitative estimate of drug-likeness (QED) is 0.840. The lowest BCUT2D eigenvalue weighted by Crippen LogP contribution is -2.49. The minimum absolute atomic E-state index is 0.263. The van der Waals surface area contributed by atoms with Crippen LogP contribution in [0.4, 0.5) is 15.8 Å². The molecule has 0 saturated heterocycles. The number of aliphatic carboxylic acids is 1. The molecule has 2 aromatic rings. The summed E-state index contributed by atoms with van der Waals surface area (Å²) in [7, 11) is 0. The Morgan fingerprint density at radius 3 is 2.70 bits per heavy atom. The average Bonchev–Trinajstić information content (AvgIpc) is 2.61. The number of anilines is 2. The van der Waals surface area contributed by atoms with Crippen LogP contribution < -0.4 is 15.0 Å². The number of carbonyl (C=O) groups is 3. The van der Waals surface area contributed by atoms with Gasteiger partial charge in [-0.3, -0.25) is 19.3 Å². The van der Waals surface area contributed by atoms with Crippen LogP contribution in [-0.2, 0) is 14.4 Å². The first-order chi connectivity index (χ1) is 12.8. The highest BCUT2D eigenvalue weighted by molar-refractivity contribution is 6.07. The van der Waals surface area contributed by atoms with Crippen molar-refractivity contribution in [2.75, 3.05) is 16.8 Å². The van der Waals surface area contributed by atoms with Gasteiger partial charge in [0, 0.05) is 5.69 Å². The molecule has 1 atom stereocenters. The van der Waals surface area contributed by atoms with Crippen molar-refractivity contribution in [2.24, 2.45) is 0 Å². The van der Waals surface area contributed by atoms with Gasteiger partial charge < -0.3 is 15.2 Å². The first-order valence-electron chi connectivity index (χ1n) is 8.20. The Morgan fingerprint density at radius 2 is 2.00 bits per heavy atom. The van der Waals surface area contributed by atoms with Crippen molar-refractivity contribution in [3.05, 3.63) is 53.8 Å². The van der Waals surface area contributed by atoms with Crippen LogP contribution in [0.25, 0.3) is 0 Å². The van der Waals surface area contributed by atoms with Gasteiger partial charge in [0.15, 0.2) is 6.10 Å². The Hall–Kier alpha value is -3.42. The molecule has 0 fully saturated rings. The molecule has 3 rings (SSSR count). The molecule has 2 amide bonds. The maximum atomic E-state index is 13.6. The van der Waals surface area contributed by atoms with Gasteiger partial charge >= 0.3 is 5.97 Å². The van der Waals surface area contributed by atoms with Gasteiger partial charge in [0.25, 0.3) is 5.91 Å². The largest absolute Gasteiger partial charge is 0.481 e. The summed E-state index contributed by atoms with van der Waals surface area (Å²) >= 11 is 0. The van der Waals surface area contributed by atoms with E-state index in [0.29, 0.717) is 17.0 Å². The van der Waals surface area contributed by atoms with E-state index >= 15 is 0 Å². The van der Waals surface area contributed by atoms with E-state index in [1.54, 1.807) is 37.3 Å². The summed E-state index contributed by atoms with van der Waals surface area (Å²) in [6.45, 7) is 1.25. The van der Waals surface area contributed by atoms with E-state index in [-0.39, 0.29) is 12.2 Å². The zero-order valence-corrected chi connectivity index (χ0v) is 14.4. The molecule has 2 aromatic carbocycles. The number of nitrogens with one attached hydrogen (secondary N) is 1. The number of carboxylic acid groups (broad SMARTS) is 1. The molecule has 0 spiro atoms. The van der Waals surface area contributed by atoms with Crippen molar-refractivity contribution >= 4 is 29.2 Å². The highest BCUT2D eigenvalue weighted by Gasteiger charge is 2.36. The maximum Gasteiger partial charge on any atom is 0.307 e. The van der Waals surface area contributed by atoms with Crippen LogP contribution in [0.2, 0.25) is 0 Å². The normalized spacial score (nSPS) is 15.7. The van der Waals surface area contributed by atoms with Gasteiger partial charge in [-0.2, -0.15) is 0 Å². The molecule has 0 saturated carbocycles. The second-order valence-electron chi connectivity index (χ2n) is 6.11. The second kappa shape index (κ2) is 7.45. The lowest BCUT2D eigenvalue weighted by molar-refractivity contribution is -0.142. The highest BCUT2D eigenvalue weighted by atomic mass is 19.1. The lowest BCUT2D eigenvalue weighted by Gasteiger charge is -2.33. The molecule has 0 aromatic heterocycles. The Morgan fingerprint density at radius 1 is 1.26 bits per heavy atom. The molecule has 1 aliphatic heterocycles. The molecule has 7 nitrogen and oxygen atoms in total. The lowest BCUT2D eigenvalue weighted by atomic mass is 10.1. The number of amides is 2. The fourth-order valence-electron chi connectivity index (χ4n) is 2.74. The van der Waals surface area contributed by atoms with E-state index in [1.165, 1.54) is 17.0 Å². The summed E-state index contributed by atoms with van der Waals surface area (Å²) in [4.78, 5) is 37.1. The van der Waals surface area contributed by atoms with E-state index in [9.17, 15) is 18.8 Å². The fraction of sp³-hybridized carbons (Fsp3) is 0.211. The second-order valence-corrected chi connectivity index (χ2v) is 6.11. The van der Waals surface area contributed by atoms with Crippen molar-refractivity contribution in [3.8, 4) is 5.75 Å². The number of hydrogen-bond donors (Lipinski definition) is 2. The monoisotopic (exact) mass is 372 g/mol. The van der Waals surface area contributed by atoms with Crippen LogP contribution in [0.5, 0.6) is 5.75 Å². The minimum Gasteiger partial charge on any atom is -0.481 e. The van der Waals surface area contributed by atoms with Crippen LogP contribution in [-0.4, -0.2) is 35.5 Å². The molecule has 1 aliphatic rings. The smallest absolute Gasteiger partial charge is 0.307 e. The summed E-state index contributed by atoms with van der Waals surface area (Å²) in [5, 5.41) is 11.5. The first-order valence-corrected chi connectivity index (χ1v) is 8.20. The highest BCUT2D eigenvalue weighted by Crippen LogP contribution is 2.34. The van der Waals surface area contributed by atoms with Crippen LogP contribution in [0.1, 0.15) is 12.0 Å². The summed E-state index contributed by atoms with van der Waals surface area (Å²) in [5.41, 5.74) is 1.08. The standard InChI is InChI=1S/C19H17FN2O5/c1-11-6-7-12(8-13(11)20)21-17(23)10-22-14-4-2-3-5-15(14)27-16(19(22)26)9-18(24)25/h2-8,16H,9-10H2,1H3,(H,21,23)(H,24,25). The van der Waals surface area contributed by atoms with Crippen molar-refractivity contribution in [1.82, 2.24) is 0 Å². The average molecular weight is 372 g/mol. The molecule has 140 valence electrons. The Bertz CT molecular complexity index is 915. The van der Waals surface area contributed by atoms with Crippen molar-refractivity contribution in [3.63, 3.8) is 0 Å². The summed E-state index contributed by atoms with van der Waals surface area (Å²) in [6.07, 6.45) is -1.74. The topological polar surface area (TPSA) is 95.9 Å². The number of para-hydroxylation sites is 2. The van der Waals surface area contributed by atoms with Gasteiger partial charge in [-0.15, -0.1) is 0 Å². The zero-order valence-electron chi connectivity index (χ0n) is 14.4. The number of halogens is 1. The van der Waals surface area contributed by atoms with Crippen molar-refractivity contribution in [1.29, 1.82) is 0 Å². The van der Waals surface area contributed by atoms with Gasteiger partial charge in [-0.05, 0) is 36.8 Å². The predicted molar refractivity (Wildman–Crippen MR) is 95.2 cm³/mol. The Labute approximate surface area is 154 Å². The number of carboxylic acids is 1. The van der Waals surface area contributed by atoms with Crippen LogP contribution in [0, 0.1) is 12.7 Å². The molecule has 8 heteroatoms. The molecule has 0 radical (unpaired) electrons. The summed E-state index contributed by atoms with van der Waals surface area (Å²) in [5.74, 6) is -2.49. The first kappa shape index (κ1) is 18.4. The fourth-order valence-corrected chi connectivity index (χ4v) is 2.74. The van der Waals surface area contributed by atoms with E-state index in [1.807, 2.05) is 0 Å². The number of fused-ring (bicyclic) bond motifs is 1. The SMILES string of the molecule is Cc1ccc(NC(=O)CN2C(=O)C(CC(=O)O)Oc3ccccc32)cc1F. The molecule has 27 heavy (non-hydrogen) atoms. The molecule has 1 unspecified atom stereocenters. The number of ether oxygens (including phenoxy) is 1. The van der Waals surface area contributed by atoms with E-state index in [0.717, 1.165) is 0 Å².